The number of hydrogen-bond donors (Lipinski definition) is 0. The smallest absolute Gasteiger partial charge is 0.180 e. The molecule has 1 unspecified atom stereocenters. The Bertz CT molecular complexity index is 1530. The van der Waals surface area contributed by atoms with E-state index in [1.54, 1.807) is 44.6 Å². The number of carbonyl (C=O) groups excluding carboxylic acids is 3. The van der Waals surface area contributed by atoms with Gasteiger partial charge in [0.15, 0.2) is 28.8 Å². The van der Waals surface area contributed by atoms with Crippen molar-refractivity contribution >= 4 is 29.1 Å². The second-order valence-corrected chi connectivity index (χ2v) is 11.5. The van der Waals surface area contributed by atoms with Crippen molar-refractivity contribution in [3.05, 3.63) is 95.1 Å². The zero-order chi connectivity index (χ0) is 27.7. The van der Waals surface area contributed by atoms with Crippen LogP contribution >= 0.6 is 0 Å². The van der Waals surface area contributed by atoms with Gasteiger partial charge in [-0.15, -0.1) is 0 Å². The molecule has 0 amide bonds. The average Bonchev–Trinajstić information content (AvgIpc) is 3.38. The Kier molecular flexibility index (Phi) is 5.58. The Balaban J connectivity index is 1.70. The molecule has 1 saturated heterocycles. The quantitative estimate of drug-likeness (QED) is 0.407. The van der Waals surface area contributed by atoms with E-state index in [9.17, 15) is 14.4 Å². The maximum atomic E-state index is 14.6. The van der Waals surface area contributed by atoms with Crippen LogP contribution in [0.2, 0.25) is 0 Å². The molecular formula is C33H31NO5. The Morgan fingerprint density at radius 3 is 2.08 bits per heavy atom. The lowest BCUT2D eigenvalue weighted by Gasteiger charge is -2.38. The third kappa shape index (κ3) is 3.30. The molecule has 6 nitrogen and oxygen atoms in total. The van der Waals surface area contributed by atoms with Gasteiger partial charge in [0.2, 0.25) is 0 Å². The maximum absolute atomic E-state index is 14.6. The molecule has 1 spiro atoms. The van der Waals surface area contributed by atoms with Gasteiger partial charge in [-0.05, 0) is 29.3 Å². The van der Waals surface area contributed by atoms with Gasteiger partial charge in [-0.1, -0.05) is 81.5 Å². The van der Waals surface area contributed by atoms with Crippen LogP contribution in [0.25, 0.3) is 6.08 Å². The summed E-state index contributed by atoms with van der Waals surface area (Å²) in [7, 11) is 3.11. The maximum Gasteiger partial charge on any atom is 0.180 e. The largest absolute Gasteiger partial charge is 0.493 e. The van der Waals surface area contributed by atoms with Gasteiger partial charge in [0.25, 0.3) is 0 Å². The number of methoxy groups -OCH3 is 2. The number of ether oxygens (including phenoxy) is 2. The number of hydrogen-bond acceptors (Lipinski definition) is 6. The average molecular weight is 522 g/mol. The summed E-state index contributed by atoms with van der Waals surface area (Å²) in [5, 5.41) is 0. The fraction of sp³-hybridized carbons (Fsp3) is 0.303. The number of para-hydroxylation sites is 1. The van der Waals surface area contributed by atoms with E-state index < -0.39 is 28.8 Å². The van der Waals surface area contributed by atoms with Gasteiger partial charge in [0, 0.05) is 28.1 Å². The van der Waals surface area contributed by atoms with Gasteiger partial charge in [0.1, 0.15) is 5.41 Å². The van der Waals surface area contributed by atoms with Gasteiger partial charge < -0.3 is 14.4 Å². The molecule has 3 aliphatic rings. The molecule has 3 aromatic carbocycles. The van der Waals surface area contributed by atoms with Crippen molar-refractivity contribution in [1.82, 2.24) is 0 Å². The number of nitrogens with zero attached hydrogens (tertiary/aromatic N) is 1. The highest BCUT2D eigenvalue weighted by molar-refractivity contribution is 6.32. The summed E-state index contributed by atoms with van der Waals surface area (Å²) in [5.74, 6) is -0.286. The molecular weight excluding hydrogens is 490 g/mol. The lowest BCUT2D eigenvalue weighted by molar-refractivity contribution is -0.127. The SMILES string of the molecule is COc1ccc([C@@H]2[C@@H](C(=O)C(C)(C)C)N3c4ccccc4C=CC3C23C(=O)c2ccccc2C3=O)cc1OC. The predicted octanol–water partition coefficient (Wildman–Crippen LogP) is 5.75. The molecule has 6 heteroatoms. The topological polar surface area (TPSA) is 72.9 Å². The van der Waals surface area contributed by atoms with E-state index in [0.717, 1.165) is 11.3 Å². The van der Waals surface area contributed by atoms with Crippen LogP contribution in [0, 0.1) is 10.8 Å². The number of benzene rings is 3. The highest BCUT2D eigenvalue weighted by Crippen LogP contribution is 2.61. The molecule has 3 aromatic rings. The number of anilines is 1. The number of rotatable bonds is 4. The molecule has 198 valence electrons. The van der Waals surface area contributed by atoms with Crippen LogP contribution in [0.1, 0.15) is 58.5 Å². The Morgan fingerprint density at radius 2 is 1.46 bits per heavy atom. The highest BCUT2D eigenvalue weighted by Gasteiger charge is 2.72. The van der Waals surface area contributed by atoms with Crippen LogP contribution < -0.4 is 14.4 Å². The van der Waals surface area contributed by atoms with Gasteiger partial charge in [-0.3, -0.25) is 14.4 Å². The molecule has 3 atom stereocenters. The van der Waals surface area contributed by atoms with Crippen LogP contribution in [0.4, 0.5) is 5.69 Å². The van der Waals surface area contributed by atoms with Crippen molar-refractivity contribution in [3.8, 4) is 11.5 Å². The van der Waals surface area contributed by atoms with Gasteiger partial charge >= 0.3 is 0 Å². The molecule has 0 N–H and O–H groups in total. The van der Waals surface area contributed by atoms with Crippen LogP contribution in [-0.4, -0.2) is 43.7 Å². The molecule has 0 saturated carbocycles. The van der Waals surface area contributed by atoms with E-state index >= 15 is 0 Å². The summed E-state index contributed by atoms with van der Waals surface area (Å²) in [6, 6.07) is 18.9. The fourth-order valence-corrected chi connectivity index (χ4v) is 6.78. The third-order valence-electron chi connectivity index (χ3n) is 8.49. The summed E-state index contributed by atoms with van der Waals surface area (Å²) in [6.07, 6.45) is 3.91. The van der Waals surface area contributed by atoms with E-state index in [4.69, 9.17) is 9.47 Å². The summed E-state index contributed by atoms with van der Waals surface area (Å²) < 4.78 is 11.1. The van der Waals surface area contributed by atoms with Gasteiger partial charge in [-0.2, -0.15) is 0 Å². The lowest BCUT2D eigenvalue weighted by atomic mass is 9.63. The van der Waals surface area contributed by atoms with Crippen molar-refractivity contribution in [2.45, 2.75) is 38.8 Å². The first kappa shape index (κ1) is 25.1. The van der Waals surface area contributed by atoms with E-state index in [2.05, 4.69) is 0 Å². The van der Waals surface area contributed by atoms with Crippen molar-refractivity contribution in [3.63, 3.8) is 0 Å². The first-order chi connectivity index (χ1) is 18.7. The molecule has 0 bridgehead atoms. The standard InChI is InChI=1S/C33H31NO5/c1-32(2,3)31(37)28-27(20-14-16-24(38-4)25(18-20)39-5)33(29(35)21-11-7-8-12-22(21)30(33)36)26-17-15-19-10-6-9-13-23(19)34(26)28/h6-18,26-28H,1-5H3/t26?,27-,28+/m1/s1. The van der Waals surface area contributed by atoms with E-state index in [1.165, 1.54) is 0 Å². The summed E-state index contributed by atoms with van der Waals surface area (Å²) in [5.41, 5.74) is 1.02. The van der Waals surface area contributed by atoms with Crippen LogP contribution in [-0.2, 0) is 4.79 Å². The number of Topliss-reactive ketones (excluding diaryl/α,β-unsaturated/α-hetero) is 3. The second-order valence-electron chi connectivity index (χ2n) is 11.5. The van der Waals surface area contributed by atoms with Crippen LogP contribution in [0.5, 0.6) is 11.5 Å². The third-order valence-corrected chi connectivity index (χ3v) is 8.49. The molecule has 0 aromatic heterocycles. The fourth-order valence-electron chi connectivity index (χ4n) is 6.78. The molecule has 39 heavy (non-hydrogen) atoms. The second kappa shape index (κ2) is 8.67. The van der Waals surface area contributed by atoms with Crippen molar-refractivity contribution < 1.29 is 23.9 Å². The summed E-state index contributed by atoms with van der Waals surface area (Å²) in [6.45, 7) is 5.67. The Labute approximate surface area is 228 Å². The molecule has 1 aliphatic carbocycles. The predicted molar refractivity (Wildman–Crippen MR) is 150 cm³/mol. The molecule has 6 rings (SSSR count). The minimum atomic E-state index is -1.53. The highest BCUT2D eigenvalue weighted by atomic mass is 16.5. The molecule has 2 heterocycles. The summed E-state index contributed by atoms with van der Waals surface area (Å²) in [4.78, 5) is 45.8. The number of carbonyl (C=O) groups is 3. The molecule has 2 aliphatic heterocycles. The first-order valence-electron chi connectivity index (χ1n) is 13.2. The van der Waals surface area contributed by atoms with E-state index in [-0.39, 0.29) is 17.3 Å². The minimum absolute atomic E-state index is 0.0363. The zero-order valence-corrected chi connectivity index (χ0v) is 22.7. The van der Waals surface area contributed by atoms with E-state index in [1.807, 2.05) is 74.2 Å². The van der Waals surface area contributed by atoms with Crippen molar-refractivity contribution in [2.75, 3.05) is 19.1 Å². The van der Waals surface area contributed by atoms with Gasteiger partial charge in [0.05, 0.1) is 26.3 Å². The summed E-state index contributed by atoms with van der Waals surface area (Å²) >= 11 is 0. The molecule has 1 fully saturated rings. The number of fused-ring (bicyclic) bond motifs is 5. The Hall–Kier alpha value is -4.19. The molecule has 0 radical (unpaired) electrons. The monoisotopic (exact) mass is 521 g/mol. The van der Waals surface area contributed by atoms with Crippen molar-refractivity contribution in [2.24, 2.45) is 10.8 Å². The number of ketones is 3. The van der Waals surface area contributed by atoms with Gasteiger partial charge in [-0.25, -0.2) is 0 Å². The Morgan fingerprint density at radius 1 is 0.846 bits per heavy atom. The zero-order valence-electron chi connectivity index (χ0n) is 22.7. The van der Waals surface area contributed by atoms with Crippen LogP contribution in [0.15, 0.2) is 72.8 Å². The first-order valence-corrected chi connectivity index (χ1v) is 13.2. The van der Waals surface area contributed by atoms with Crippen molar-refractivity contribution in [1.29, 1.82) is 0 Å². The van der Waals surface area contributed by atoms with E-state index in [0.29, 0.717) is 28.2 Å². The van der Waals surface area contributed by atoms with Crippen LogP contribution in [0.3, 0.4) is 0 Å². The lowest BCUT2D eigenvalue weighted by Crippen LogP contribution is -2.49. The normalized spacial score (nSPS) is 22.5. The minimum Gasteiger partial charge on any atom is -0.493 e.